The molecule has 1 heterocycles. The van der Waals surface area contributed by atoms with Crippen molar-refractivity contribution < 1.29 is 4.74 Å². The van der Waals surface area contributed by atoms with Crippen LogP contribution in [-0.2, 0) is 38.0 Å². The largest absolute Gasteiger partial charge is 0.372 e. The van der Waals surface area contributed by atoms with Crippen molar-refractivity contribution in [2.75, 3.05) is 6.54 Å². The highest BCUT2D eigenvalue weighted by Gasteiger charge is 2.14. The topological polar surface area (TPSA) is 63.5 Å². The van der Waals surface area contributed by atoms with Crippen molar-refractivity contribution in [3.8, 4) is 0 Å². The van der Waals surface area contributed by atoms with E-state index in [9.17, 15) is 0 Å². The lowest BCUT2D eigenvalue weighted by Gasteiger charge is -2.18. The molecule has 1 atom stereocenters. The summed E-state index contributed by atoms with van der Waals surface area (Å²) in [6, 6.07) is 19.0. The summed E-state index contributed by atoms with van der Waals surface area (Å²) in [5, 5.41) is 11.4. The van der Waals surface area contributed by atoms with E-state index in [1.165, 1.54) is 27.9 Å². The fourth-order valence-electron chi connectivity index (χ4n) is 3.80. The summed E-state index contributed by atoms with van der Waals surface area (Å²) in [5.74, 6) is 0.833. The molecule has 0 aliphatic carbocycles. The van der Waals surface area contributed by atoms with Crippen molar-refractivity contribution in [3.05, 3.63) is 88.2 Å². The molecule has 6 nitrogen and oxygen atoms in total. The maximum atomic E-state index is 5.83. The smallest absolute Gasteiger partial charge is 0.191 e. The van der Waals surface area contributed by atoms with Crippen LogP contribution in [0.25, 0.3) is 0 Å². The zero-order valence-electron chi connectivity index (χ0n) is 21.0. The highest BCUT2D eigenvalue weighted by molar-refractivity contribution is 14.0. The number of guanidine groups is 1. The lowest BCUT2D eigenvalue weighted by Crippen LogP contribution is -2.43. The summed E-state index contributed by atoms with van der Waals surface area (Å²) in [6.07, 6.45) is 0.910. The molecular formula is C27H38IN5O. The van der Waals surface area contributed by atoms with Crippen molar-refractivity contribution >= 4 is 29.9 Å². The molecule has 0 radical (unpaired) electrons. The molecule has 34 heavy (non-hydrogen) atoms. The van der Waals surface area contributed by atoms with Gasteiger partial charge in [-0.05, 0) is 56.4 Å². The van der Waals surface area contributed by atoms with Gasteiger partial charge in [0.1, 0.15) is 0 Å². The Balaban J connectivity index is 0.00000408. The molecule has 0 aliphatic rings. The average molecular weight is 576 g/mol. The quantitative estimate of drug-likeness (QED) is 0.202. The van der Waals surface area contributed by atoms with Crippen LogP contribution in [0.1, 0.15) is 47.5 Å². The normalized spacial score (nSPS) is 12.2. The van der Waals surface area contributed by atoms with Crippen molar-refractivity contribution in [2.24, 2.45) is 12.0 Å². The van der Waals surface area contributed by atoms with Gasteiger partial charge >= 0.3 is 0 Å². The van der Waals surface area contributed by atoms with Gasteiger partial charge in [-0.2, -0.15) is 5.10 Å². The van der Waals surface area contributed by atoms with Crippen LogP contribution in [-0.4, -0.2) is 28.3 Å². The molecule has 0 saturated heterocycles. The van der Waals surface area contributed by atoms with Crippen molar-refractivity contribution in [2.45, 2.75) is 59.9 Å². The van der Waals surface area contributed by atoms with Gasteiger partial charge in [-0.1, -0.05) is 54.6 Å². The molecule has 2 aromatic carbocycles. The molecule has 2 N–H and O–H groups in total. The van der Waals surface area contributed by atoms with E-state index >= 15 is 0 Å². The monoisotopic (exact) mass is 575 g/mol. The van der Waals surface area contributed by atoms with Crippen molar-refractivity contribution in [3.63, 3.8) is 0 Å². The van der Waals surface area contributed by atoms with Gasteiger partial charge in [0.25, 0.3) is 0 Å². The van der Waals surface area contributed by atoms with Gasteiger partial charge < -0.3 is 15.4 Å². The minimum Gasteiger partial charge on any atom is -0.372 e. The highest BCUT2D eigenvalue weighted by Crippen LogP contribution is 2.14. The number of nitrogens with one attached hydrogen (secondary N) is 2. The van der Waals surface area contributed by atoms with Crippen LogP contribution in [0.3, 0.4) is 0 Å². The first kappa shape index (κ1) is 27.9. The molecule has 0 bridgehead atoms. The van der Waals surface area contributed by atoms with E-state index in [0.717, 1.165) is 24.6 Å². The number of nitrogens with zero attached hydrogens (tertiary/aromatic N) is 3. The summed E-state index contributed by atoms with van der Waals surface area (Å²) in [5.41, 5.74) is 7.15. The Morgan fingerprint density at radius 2 is 1.62 bits per heavy atom. The van der Waals surface area contributed by atoms with Crippen molar-refractivity contribution in [1.82, 2.24) is 20.4 Å². The standard InChI is InChI=1S/C27H37N5O.HI/c1-6-28-27(30-20(2)16-26-21(3)31-32(5)22(26)4)29-17-23-12-14-25(15-13-23)19-33-18-24-10-8-7-9-11-24;/h7-15,20H,6,16-19H2,1-5H3,(H2,28,29,30);1H. The number of aliphatic imine (C=N–C) groups is 1. The van der Waals surface area contributed by atoms with Gasteiger partial charge in [-0.3, -0.25) is 4.68 Å². The average Bonchev–Trinajstić information content (AvgIpc) is 3.05. The fourth-order valence-corrected chi connectivity index (χ4v) is 3.80. The maximum Gasteiger partial charge on any atom is 0.191 e. The van der Waals surface area contributed by atoms with Crippen LogP contribution in [0.5, 0.6) is 0 Å². The minimum atomic E-state index is 0. The van der Waals surface area contributed by atoms with Crippen LogP contribution < -0.4 is 10.6 Å². The Hall–Kier alpha value is -2.39. The number of halogens is 1. The first-order chi connectivity index (χ1) is 16.0. The number of benzene rings is 2. The summed E-state index contributed by atoms with van der Waals surface area (Å²) >= 11 is 0. The Labute approximate surface area is 221 Å². The number of ether oxygens (including phenoxy) is 1. The van der Waals surface area contributed by atoms with E-state index < -0.39 is 0 Å². The van der Waals surface area contributed by atoms with Crippen LogP contribution in [0, 0.1) is 13.8 Å². The highest BCUT2D eigenvalue weighted by atomic mass is 127. The van der Waals surface area contributed by atoms with Gasteiger partial charge in [-0.15, -0.1) is 24.0 Å². The van der Waals surface area contributed by atoms with Crippen LogP contribution in [0.2, 0.25) is 0 Å². The second-order valence-electron chi connectivity index (χ2n) is 8.51. The first-order valence-corrected chi connectivity index (χ1v) is 11.7. The molecule has 0 spiro atoms. The van der Waals surface area contributed by atoms with Crippen molar-refractivity contribution in [1.29, 1.82) is 0 Å². The number of rotatable bonds is 10. The Morgan fingerprint density at radius 3 is 2.21 bits per heavy atom. The van der Waals surface area contributed by atoms with Gasteiger partial charge in [0, 0.05) is 25.3 Å². The molecule has 3 aromatic rings. The van der Waals surface area contributed by atoms with Gasteiger partial charge in [-0.25, -0.2) is 4.99 Å². The number of aromatic nitrogens is 2. The molecule has 1 unspecified atom stereocenters. The molecular weight excluding hydrogens is 537 g/mol. The SMILES string of the molecule is CCNC(=NCc1ccc(COCc2ccccc2)cc1)NC(C)Cc1c(C)nn(C)c1C.I. The lowest BCUT2D eigenvalue weighted by molar-refractivity contribution is 0.107. The summed E-state index contributed by atoms with van der Waals surface area (Å²) in [4.78, 5) is 4.79. The first-order valence-electron chi connectivity index (χ1n) is 11.7. The summed E-state index contributed by atoms with van der Waals surface area (Å²) < 4.78 is 7.78. The molecule has 0 amide bonds. The van der Waals surface area contributed by atoms with E-state index in [0.29, 0.717) is 19.8 Å². The predicted molar refractivity (Wildman–Crippen MR) is 151 cm³/mol. The summed E-state index contributed by atoms with van der Waals surface area (Å²) in [7, 11) is 2.00. The third kappa shape index (κ3) is 8.43. The molecule has 184 valence electrons. The van der Waals surface area contributed by atoms with E-state index in [-0.39, 0.29) is 30.0 Å². The minimum absolute atomic E-state index is 0. The third-order valence-electron chi connectivity index (χ3n) is 5.72. The maximum absolute atomic E-state index is 5.83. The molecule has 0 aliphatic heterocycles. The predicted octanol–water partition coefficient (Wildman–Crippen LogP) is 5.06. The fraction of sp³-hybridized carbons (Fsp3) is 0.407. The molecule has 3 rings (SSSR count). The second-order valence-corrected chi connectivity index (χ2v) is 8.51. The third-order valence-corrected chi connectivity index (χ3v) is 5.72. The summed E-state index contributed by atoms with van der Waals surface area (Å²) in [6.45, 7) is 11.1. The Bertz CT molecular complexity index is 1030. The van der Waals surface area contributed by atoms with Gasteiger partial charge in [0.05, 0.1) is 25.5 Å². The van der Waals surface area contributed by atoms with Gasteiger partial charge in [0.2, 0.25) is 0 Å². The number of aryl methyl sites for hydroxylation is 2. The lowest BCUT2D eigenvalue weighted by atomic mass is 10.1. The van der Waals surface area contributed by atoms with Gasteiger partial charge in [0.15, 0.2) is 5.96 Å². The second kappa shape index (κ2) is 14.1. The van der Waals surface area contributed by atoms with E-state index in [1.54, 1.807) is 0 Å². The molecule has 0 saturated carbocycles. The number of hydrogen-bond donors (Lipinski definition) is 2. The number of hydrogen-bond acceptors (Lipinski definition) is 3. The van der Waals surface area contributed by atoms with E-state index in [1.807, 2.05) is 29.9 Å². The van der Waals surface area contributed by atoms with Crippen LogP contribution in [0.15, 0.2) is 59.6 Å². The molecule has 7 heteroatoms. The zero-order valence-corrected chi connectivity index (χ0v) is 23.3. The Morgan fingerprint density at radius 1 is 1.00 bits per heavy atom. The molecule has 1 aromatic heterocycles. The van der Waals surface area contributed by atoms with Crippen LogP contribution >= 0.6 is 24.0 Å². The van der Waals surface area contributed by atoms with E-state index in [4.69, 9.17) is 9.73 Å². The van der Waals surface area contributed by atoms with Crippen LogP contribution in [0.4, 0.5) is 0 Å². The molecule has 0 fully saturated rings. The van der Waals surface area contributed by atoms with E-state index in [2.05, 4.69) is 79.8 Å². The Kier molecular flexibility index (Phi) is 11.6. The zero-order chi connectivity index (χ0) is 23.6.